The number of carbonyl (C=O) groups is 1. The molecule has 0 saturated carbocycles. The van der Waals surface area contributed by atoms with Crippen LogP contribution in [0.15, 0.2) is 42.5 Å². The summed E-state index contributed by atoms with van der Waals surface area (Å²) in [6.07, 6.45) is -3.02. The van der Waals surface area contributed by atoms with Crippen LogP contribution in [0.2, 0.25) is 0 Å². The van der Waals surface area contributed by atoms with Crippen LogP contribution in [0.4, 0.5) is 17.6 Å². The van der Waals surface area contributed by atoms with E-state index in [1.807, 2.05) is 52.0 Å². The van der Waals surface area contributed by atoms with E-state index in [2.05, 4.69) is 10.1 Å². The fourth-order valence-corrected chi connectivity index (χ4v) is 4.34. The fourth-order valence-electron chi connectivity index (χ4n) is 4.34. The van der Waals surface area contributed by atoms with Gasteiger partial charge in [0.2, 0.25) is 5.91 Å². The first-order chi connectivity index (χ1) is 17.8. The third-order valence-corrected chi connectivity index (χ3v) is 6.14. The summed E-state index contributed by atoms with van der Waals surface area (Å²) in [5.74, 6) is -1.99. The molecule has 0 aliphatic heterocycles. The van der Waals surface area contributed by atoms with Crippen molar-refractivity contribution in [3.63, 3.8) is 0 Å². The number of nitrogens with zero attached hydrogens (tertiary/aromatic N) is 4. The predicted molar refractivity (Wildman–Crippen MR) is 135 cm³/mol. The SMILES string of the molecule is Cc1cccc(Cn2nc(-c3cc(F)ccc3F)nc2[C@H](N(CCC(N)C(F)F)C(=O)CO)C(C)(C)C)c1. The van der Waals surface area contributed by atoms with Crippen molar-refractivity contribution in [3.05, 3.63) is 71.1 Å². The lowest BCUT2D eigenvalue weighted by molar-refractivity contribution is -0.140. The predicted octanol–water partition coefficient (Wildman–Crippen LogP) is 4.47. The number of halogens is 4. The zero-order valence-corrected chi connectivity index (χ0v) is 21.8. The van der Waals surface area contributed by atoms with Gasteiger partial charge < -0.3 is 15.7 Å². The largest absolute Gasteiger partial charge is 0.387 e. The van der Waals surface area contributed by atoms with Crippen LogP contribution in [-0.2, 0) is 11.3 Å². The Morgan fingerprint density at radius 3 is 2.47 bits per heavy atom. The van der Waals surface area contributed by atoms with Crippen molar-refractivity contribution >= 4 is 5.91 Å². The van der Waals surface area contributed by atoms with E-state index in [0.717, 1.165) is 29.3 Å². The highest BCUT2D eigenvalue weighted by molar-refractivity contribution is 5.77. The van der Waals surface area contributed by atoms with Crippen LogP contribution in [0.25, 0.3) is 11.4 Å². The smallest absolute Gasteiger partial charge is 0.253 e. The molecule has 7 nitrogen and oxygen atoms in total. The Bertz CT molecular complexity index is 1260. The van der Waals surface area contributed by atoms with E-state index >= 15 is 0 Å². The molecule has 206 valence electrons. The molecule has 0 saturated heterocycles. The maximum atomic E-state index is 14.7. The molecule has 0 fully saturated rings. The van der Waals surface area contributed by atoms with Crippen molar-refractivity contribution in [1.29, 1.82) is 0 Å². The first kappa shape index (κ1) is 29.2. The molecule has 11 heteroatoms. The number of alkyl halides is 2. The maximum absolute atomic E-state index is 14.7. The molecular formula is C27H33F4N5O2. The van der Waals surface area contributed by atoms with Gasteiger partial charge in [0.05, 0.1) is 24.2 Å². The van der Waals surface area contributed by atoms with Gasteiger partial charge in [-0.25, -0.2) is 27.2 Å². The summed E-state index contributed by atoms with van der Waals surface area (Å²) in [6.45, 7) is 6.50. The number of benzene rings is 2. The summed E-state index contributed by atoms with van der Waals surface area (Å²) in [5.41, 5.74) is 6.48. The van der Waals surface area contributed by atoms with E-state index in [-0.39, 0.29) is 36.7 Å². The lowest BCUT2D eigenvalue weighted by Gasteiger charge is -2.39. The Morgan fingerprint density at radius 2 is 1.87 bits per heavy atom. The fraction of sp³-hybridized carbons (Fsp3) is 0.444. The van der Waals surface area contributed by atoms with Crippen LogP contribution in [0.1, 0.15) is 50.2 Å². The van der Waals surface area contributed by atoms with Crippen LogP contribution < -0.4 is 5.73 Å². The van der Waals surface area contributed by atoms with Crippen molar-refractivity contribution in [3.8, 4) is 11.4 Å². The summed E-state index contributed by atoms with van der Waals surface area (Å²) in [5, 5.41) is 14.2. The standard InChI is InChI=1S/C27H33F4N5O2/c1-16-6-5-7-17(12-16)14-36-26(33-25(34-36)19-13-18(28)8-9-20(19)29)23(27(2,3)4)35(22(38)15-37)11-10-21(32)24(30)31/h5-9,12-13,21,23-24,37H,10-11,14-15,32H2,1-4H3/t21?,23-/m0/s1. The van der Waals surface area contributed by atoms with Crippen LogP contribution in [0.3, 0.4) is 0 Å². The Kier molecular flexibility index (Phi) is 9.26. The molecule has 0 bridgehead atoms. The Balaban J connectivity index is 2.19. The number of aliphatic hydroxyl groups excluding tert-OH is 1. The van der Waals surface area contributed by atoms with Gasteiger partial charge in [0, 0.05) is 6.54 Å². The Morgan fingerprint density at radius 1 is 1.16 bits per heavy atom. The monoisotopic (exact) mass is 535 g/mol. The quantitative estimate of drug-likeness (QED) is 0.374. The molecule has 2 atom stereocenters. The first-order valence-corrected chi connectivity index (χ1v) is 12.2. The number of rotatable bonds is 10. The van der Waals surface area contributed by atoms with Gasteiger partial charge in [-0.1, -0.05) is 50.6 Å². The average molecular weight is 536 g/mol. The second kappa shape index (κ2) is 12.0. The molecule has 3 N–H and O–H groups in total. The molecule has 1 heterocycles. The Labute approximate surface area is 219 Å². The summed E-state index contributed by atoms with van der Waals surface area (Å²) in [6, 6.07) is 8.16. The number of aliphatic hydroxyl groups is 1. The van der Waals surface area contributed by atoms with E-state index in [1.54, 1.807) is 0 Å². The molecule has 1 unspecified atom stereocenters. The highest BCUT2D eigenvalue weighted by Crippen LogP contribution is 2.39. The highest BCUT2D eigenvalue weighted by Gasteiger charge is 2.39. The summed E-state index contributed by atoms with van der Waals surface area (Å²) in [7, 11) is 0. The third kappa shape index (κ3) is 6.96. The number of nitrogens with two attached hydrogens (primary N) is 1. The number of hydrogen-bond acceptors (Lipinski definition) is 5. The van der Waals surface area contributed by atoms with Gasteiger partial charge in [0.15, 0.2) is 11.6 Å². The molecule has 1 aromatic heterocycles. The van der Waals surface area contributed by atoms with Crippen molar-refractivity contribution in [2.24, 2.45) is 11.1 Å². The summed E-state index contributed by atoms with van der Waals surface area (Å²) < 4.78 is 56.5. The second-order valence-electron chi connectivity index (χ2n) is 10.4. The first-order valence-electron chi connectivity index (χ1n) is 12.2. The van der Waals surface area contributed by atoms with Crippen LogP contribution in [0, 0.1) is 24.0 Å². The maximum Gasteiger partial charge on any atom is 0.253 e. The van der Waals surface area contributed by atoms with Gasteiger partial charge in [0.1, 0.15) is 18.2 Å². The molecule has 3 rings (SSSR count). The average Bonchev–Trinajstić information content (AvgIpc) is 3.23. The third-order valence-electron chi connectivity index (χ3n) is 6.14. The minimum Gasteiger partial charge on any atom is -0.387 e. The van der Waals surface area contributed by atoms with E-state index in [4.69, 9.17) is 5.73 Å². The number of aromatic nitrogens is 3. The van der Waals surface area contributed by atoms with Gasteiger partial charge in [0.25, 0.3) is 6.43 Å². The zero-order valence-electron chi connectivity index (χ0n) is 21.8. The number of hydrogen-bond donors (Lipinski definition) is 2. The summed E-state index contributed by atoms with van der Waals surface area (Å²) >= 11 is 0. The minimum absolute atomic E-state index is 0.0976. The molecule has 0 aliphatic rings. The van der Waals surface area contributed by atoms with E-state index in [1.165, 1.54) is 9.58 Å². The molecule has 0 spiro atoms. The van der Waals surface area contributed by atoms with E-state index in [0.29, 0.717) is 0 Å². The Hall–Kier alpha value is -3.31. The van der Waals surface area contributed by atoms with Crippen molar-refractivity contribution in [2.75, 3.05) is 13.2 Å². The van der Waals surface area contributed by atoms with E-state index in [9.17, 15) is 27.5 Å². The van der Waals surface area contributed by atoms with E-state index < -0.39 is 48.1 Å². The topological polar surface area (TPSA) is 97.3 Å². The van der Waals surface area contributed by atoms with Gasteiger partial charge in [-0.3, -0.25) is 4.79 Å². The molecule has 3 aromatic rings. The number of aryl methyl sites for hydroxylation is 1. The van der Waals surface area contributed by atoms with Crippen LogP contribution in [0.5, 0.6) is 0 Å². The number of amides is 1. The van der Waals surface area contributed by atoms with Crippen molar-refractivity contribution < 1.29 is 27.5 Å². The van der Waals surface area contributed by atoms with Crippen LogP contribution in [-0.4, -0.2) is 56.3 Å². The van der Waals surface area contributed by atoms with Gasteiger partial charge in [-0.2, -0.15) is 5.10 Å². The highest BCUT2D eigenvalue weighted by atomic mass is 19.3. The minimum atomic E-state index is -2.79. The lowest BCUT2D eigenvalue weighted by atomic mass is 9.84. The lowest BCUT2D eigenvalue weighted by Crippen LogP contribution is -2.46. The molecule has 1 amide bonds. The molecule has 2 aromatic carbocycles. The molecule has 0 radical (unpaired) electrons. The zero-order chi connectivity index (χ0) is 28.2. The molecule has 38 heavy (non-hydrogen) atoms. The van der Waals surface area contributed by atoms with Gasteiger partial charge in [-0.05, 0) is 42.5 Å². The van der Waals surface area contributed by atoms with Gasteiger partial charge >= 0.3 is 0 Å². The van der Waals surface area contributed by atoms with Gasteiger partial charge in [-0.15, -0.1) is 0 Å². The number of carbonyl (C=O) groups excluding carboxylic acids is 1. The molecule has 0 aliphatic carbocycles. The summed E-state index contributed by atoms with van der Waals surface area (Å²) in [4.78, 5) is 18.7. The normalized spacial score (nSPS) is 13.6. The second-order valence-corrected chi connectivity index (χ2v) is 10.4. The van der Waals surface area contributed by atoms with Crippen molar-refractivity contribution in [2.45, 2.75) is 59.2 Å². The van der Waals surface area contributed by atoms with Crippen LogP contribution >= 0.6 is 0 Å². The molecular weight excluding hydrogens is 502 g/mol. The van der Waals surface area contributed by atoms with Crippen molar-refractivity contribution in [1.82, 2.24) is 19.7 Å².